The molecule has 1 saturated carbocycles. The Hall–Kier alpha value is -0.120. The van der Waals surface area contributed by atoms with E-state index in [4.69, 9.17) is 5.73 Å². The first-order valence-electron chi connectivity index (χ1n) is 6.21. The van der Waals surface area contributed by atoms with Gasteiger partial charge in [-0.15, -0.1) is 0 Å². The zero-order chi connectivity index (χ0) is 11.3. The van der Waals surface area contributed by atoms with Crippen LogP contribution in [0.15, 0.2) is 0 Å². The van der Waals surface area contributed by atoms with Crippen molar-refractivity contribution in [1.29, 1.82) is 0 Å². The molecule has 1 unspecified atom stereocenters. The Balaban J connectivity index is 2.49. The summed E-state index contributed by atoms with van der Waals surface area (Å²) < 4.78 is 0. The number of hydrogen-bond donors (Lipinski definition) is 2. The Morgan fingerprint density at radius 2 is 1.87 bits per heavy atom. The molecular weight excluding hydrogens is 186 g/mol. The van der Waals surface area contributed by atoms with E-state index in [-0.39, 0.29) is 0 Å². The predicted octanol–water partition coefficient (Wildman–Crippen LogP) is 1.19. The van der Waals surface area contributed by atoms with Crippen molar-refractivity contribution < 1.29 is 0 Å². The van der Waals surface area contributed by atoms with Gasteiger partial charge in [0.1, 0.15) is 0 Å². The van der Waals surface area contributed by atoms with Gasteiger partial charge in [0, 0.05) is 24.7 Å². The lowest BCUT2D eigenvalue weighted by molar-refractivity contribution is 0.0961. The molecular formula is C12H27N3. The highest BCUT2D eigenvalue weighted by molar-refractivity contribution is 4.93. The molecule has 0 heterocycles. The van der Waals surface area contributed by atoms with Gasteiger partial charge < -0.3 is 16.0 Å². The maximum atomic E-state index is 5.63. The number of nitrogens with zero attached hydrogens (tertiary/aromatic N) is 1. The van der Waals surface area contributed by atoms with E-state index >= 15 is 0 Å². The van der Waals surface area contributed by atoms with Crippen LogP contribution in [0.1, 0.15) is 39.0 Å². The lowest BCUT2D eigenvalue weighted by Gasteiger charge is -2.43. The van der Waals surface area contributed by atoms with Crippen molar-refractivity contribution in [3.63, 3.8) is 0 Å². The summed E-state index contributed by atoms with van der Waals surface area (Å²) in [5.74, 6) is 0. The number of nitrogens with one attached hydrogen (secondary N) is 1. The fourth-order valence-corrected chi connectivity index (χ4v) is 2.44. The van der Waals surface area contributed by atoms with Crippen LogP contribution in [0.5, 0.6) is 0 Å². The van der Waals surface area contributed by atoms with Crippen LogP contribution in [0.3, 0.4) is 0 Å². The molecule has 0 saturated heterocycles. The minimum Gasteiger partial charge on any atom is -0.329 e. The summed E-state index contributed by atoms with van der Waals surface area (Å²) in [6.45, 7) is 3.97. The molecule has 3 nitrogen and oxygen atoms in total. The van der Waals surface area contributed by atoms with Gasteiger partial charge in [-0.05, 0) is 33.9 Å². The number of rotatable bonds is 5. The van der Waals surface area contributed by atoms with Crippen LogP contribution in [0.2, 0.25) is 0 Å². The third-order valence-corrected chi connectivity index (χ3v) is 3.87. The Labute approximate surface area is 94.4 Å². The molecule has 0 aromatic carbocycles. The van der Waals surface area contributed by atoms with E-state index in [0.717, 1.165) is 13.1 Å². The first-order valence-corrected chi connectivity index (χ1v) is 6.21. The topological polar surface area (TPSA) is 41.3 Å². The number of likely N-dealkylation sites (N-methyl/N-ethyl adjacent to an activating group) is 1. The van der Waals surface area contributed by atoms with Crippen LogP contribution in [0, 0.1) is 0 Å². The highest BCUT2D eigenvalue weighted by Gasteiger charge is 2.33. The summed E-state index contributed by atoms with van der Waals surface area (Å²) in [7, 11) is 4.42. The molecule has 3 heteroatoms. The van der Waals surface area contributed by atoms with Crippen molar-refractivity contribution in [2.45, 2.75) is 50.6 Å². The highest BCUT2D eigenvalue weighted by Crippen LogP contribution is 2.31. The van der Waals surface area contributed by atoms with Crippen LogP contribution in [-0.2, 0) is 0 Å². The molecule has 0 radical (unpaired) electrons. The quantitative estimate of drug-likeness (QED) is 0.721. The molecule has 0 aliphatic heterocycles. The van der Waals surface area contributed by atoms with Gasteiger partial charge in [-0.2, -0.15) is 0 Å². The third kappa shape index (κ3) is 3.44. The zero-order valence-corrected chi connectivity index (χ0v) is 10.6. The number of hydrogen-bond acceptors (Lipinski definition) is 3. The summed E-state index contributed by atoms with van der Waals surface area (Å²) in [6.07, 6.45) is 6.80. The van der Waals surface area contributed by atoms with E-state index in [1.165, 1.54) is 32.1 Å². The maximum absolute atomic E-state index is 5.63. The minimum absolute atomic E-state index is 0.377. The van der Waals surface area contributed by atoms with Crippen LogP contribution in [0.25, 0.3) is 0 Å². The largest absolute Gasteiger partial charge is 0.329 e. The third-order valence-electron chi connectivity index (χ3n) is 3.87. The normalized spacial score (nSPS) is 23.0. The second-order valence-electron chi connectivity index (χ2n) is 5.20. The lowest BCUT2D eigenvalue weighted by Crippen LogP contribution is -2.54. The molecule has 1 atom stereocenters. The van der Waals surface area contributed by atoms with E-state index in [1.807, 2.05) is 0 Å². The van der Waals surface area contributed by atoms with Crippen LogP contribution in [0.4, 0.5) is 0 Å². The van der Waals surface area contributed by atoms with Crippen LogP contribution in [-0.4, -0.2) is 43.7 Å². The summed E-state index contributed by atoms with van der Waals surface area (Å²) in [5.41, 5.74) is 6.01. The molecule has 0 aromatic heterocycles. The van der Waals surface area contributed by atoms with Gasteiger partial charge in [-0.1, -0.05) is 19.3 Å². The van der Waals surface area contributed by atoms with E-state index in [1.54, 1.807) is 0 Å². The zero-order valence-electron chi connectivity index (χ0n) is 10.6. The first-order chi connectivity index (χ1) is 7.10. The van der Waals surface area contributed by atoms with Crippen molar-refractivity contribution in [2.24, 2.45) is 5.73 Å². The first kappa shape index (κ1) is 12.9. The van der Waals surface area contributed by atoms with Gasteiger partial charge in [-0.25, -0.2) is 0 Å². The molecule has 0 bridgehead atoms. The molecule has 1 aliphatic rings. The van der Waals surface area contributed by atoms with E-state index in [2.05, 4.69) is 31.2 Å². The van der Waals surface area contributed by atoms with Crippen molar-refractivity contribution >= 4 is 0 Å². The molecule has 3 N–H and O–H groups in total. The van der Waals surface area contributed by atoms with Gasteiger partial charge in [0.2, 0.25) is 0 Å². The SMILES string of the molecule is CC(CN)NCC1(N(C)C)CCCCC1. The molecule has 90 valence electrons. The molecule has 0 spiro atoms. The Kier molecular flexibility index (Phi) is 5.03. The fraction of sp³-hybridized carbons (Fsp3) is 1.00. The standard InChI is InChI=1S/C12H27N3/c1-11(9-13)14-10-12(15(2)3)7-5-4-6-8-12/h11,14H,4-10,13H2,1-3H3. The molecule has 1 rings (SSSR count). The lowest BCUT2D eigenvalue weighted by atomic mass is 9.80. The van der Waals surface area contributed by atoms with Crippen LogP contribution >= 0.6 is 0 Å². The smallest absolute Gasteiger partial charge is 0.0327 e. The Morgan fingerprint density at radius 1 is 1.27 bits per heavy atom. The van der Waals surface area contributed by atoms with Crippen molar-refractivity contribution in [3.8, 4) is 0 Å². The maximum Gasteiger partial charge on any atom is 0.0327 e. The molecule has 1 aliphatic carbocycles. The average Bonchev–Trinajstić information content (AvgIpc) is 2.27. The summed E-state index contributed by atoms with van der Waals surface area (Å²) in [4.78, 5) is 2.41. The van der Waals surface area contributed by atoms with Gasteiger partial charge in [0.15, 0.2) is 0 Å². The number of nitrogens with two attached hydrogens (primary N) is 1. The monoisotopic (exact) mass is 213 g/mol. The minimum atomic E-state index is 0.377. The summed E-state index contributed by atoms with van der Waals surface area (Å²) >= 11 is 0. The second-order valence-corrected chi connectivity index (χ2v) is 5.20. The second kappa shape index (κ2) is 5.83. The van der Waals surface area contributed by atoms with Crippen molar-refractivity contribution in [2.75, 3.05) is 27.2 Å². The van der Waals surface area contributed by atoms with Crippen LogP contribution < -0.4 is 11.1 Å². The van der Waals surface area contributed by atoms with E-state index < -0.39 is 0 Å². The predicted molar refractivity (Wildman–Crippen MR) is 66.0 cm³/mol. The summed E-state index contributed by atoms with van der Waals surface area (Å²) in [6, 6.07) is 0.434. The van der Waals surface area contributed by atoms with Gasteiger partial charge in [-0.3, -0.25) is 0 Å². The summed E-state index contributed by atoms with van der Waals surface area (Å²) in [5, 5.41) is 3.56. The average molecular weight is 213 g/mol. The Morgan fingerprint density at radius 3 is 2.33 bits per heavy atom. The van der Waals surface area contributed by atoms with Crippen molar-refractivity contribution in [1.82, 2.24) is 10.2 Å². The van der Waals surface area contributed by atoms with Crippen molar-refractivity contribution in [3.05, 3.63) is 0 Å². The Bertz CT molecular complexity index is 174. The molecule has 0 aromatic rings. The van der Waals surface area contributed by atoms with Gasteiger partial charge in [0.05, 0.1) is 0 Å². The highest BCUT2D eigenvalue weighted by atomic mass is 15.2. The van der Waals surface area contributed by atoms with E-state index in [0.29, 0.717) is 11.6 Å². The van der Waals surface area contributed by atoms with Gasteiger partial charge in [0.25, 0.3) is 0 Å². The molecule has 15 heavy (non-hydrogen) atoms. The van der Waals surface area contributed by atoms with E-state index in [9.17, 15) is 0 Å². The fourth-order valence-electron chi connectivity index (χ4n) is 2.44. The van der Waals surface area contributed by atoms with Gasteiger partial charge >= 0.3 is 0 Å². The molecule has 1 fully saturated rings. The molecule has 0 amide bonds.